The van der Waals surface area contributed by atoms with E-state index in [1.54, 1.807) is 7.05 Å². The van der Waals surface area contributed by atoms with Gasteiger partial charge in [0.25, 0.3) is 0 Å². The van der Waals surface area contributed by atoms with Crippen LogP contribution in [0.5, 0.6) is 0 Å². The Morgan fingerprint density at radius 1 is 1.32 bits per heavy atom. The predicted molar refractivity (Wildman–Crippen MR) is 88.1 cm³/mol. The fraction of sp³-hybridized carbons (Fsp3) is 0.929. The molecule has 22 heavy (non-hydrogen) atoms. The number of aliphatic imine (C=N–C) groups is 1. The minimum Gasteiger partial charge on any atom is -0.379 e. The molecule has 1 N–H and O–H groups in total. The number of morpholine rings is 1. The summed E-state index contributed by atoms with van der Waals surface area (Å²) in [5, 5.41) is 3.28. The van der Waals surface area contributed by atoms with Crippen LogP contribution in [0.25, 0.3) is 0 Å². The highest BCUT2D eigenvalue weighted by atomic mass is 32.2. The van der Waals surface area contributed by atoms with E-state index in [2.05, 4.69) is 20.1 Å². The molecule has 7 nitrogen and oxygen atoms in total. The Morgan fingerprint density at radius 3 is 2.68 bits per heavy atom. The van der Waals surface area contributed by atoms with Gasteiger partial charge in [-0.25, -0.2) is 8.42 Å². The van der Waals surface area contributed by atoms with Crippen molar-refractivity contribution in [3.8, 4) is 0 Å². The molecule has 2 aliphatic rings. The number of likely N-dealkylation sites (tertiary alicyclic amines) is 1. The van der Waals surface area contributed by atoms with Crippen LogP contribution < -0.4 is 5.32 Å². The largest absolute Gasteiger partial charge is 0.379 e. The van der Waals surface area contributed by atoms with Crippen molar-refractivity contribution in [3.63, 3.8) is 0 Å². The minimum absolute atomic E-state index is 0.216. The van der Waals surface area contributed by atoms with Crippen LogP contribution in [0.2, 0.25) is 0 Å². The quantitative estimate of drug-likeness (QED) is 0.412. The highest BCUT2D eigenvalue weighted by molar-refractivity contribution is 7.90. The summed E-state index contributed by atoms with van der Waals surface area (Å²) >= 11 is 0. The molecule has 0 amide bonds. The van der Waals surface area contributed by atoms with E-state index >= 15 is 0 Å². The molecule has 2 saturated heterocycles. The molecule has 0 aromatic carbocycles. The topological polar surface area (TPSA) is 74.2 Å². The number of nitrogens with one attached hydrogen (secondary N) is 1. The van der Waals surface area contributed by atoms with Crippen LogP contribution in [0.15, 0.2) is 4.99 Å². The fourth-order valence-corrected chi connectivity index (χ4v) is 3.71. The molecular weight excluding hydrogens is 304 g/mol. The lowest BCUT2D eigenvalue weighted by Crippen LogP contribution is -2.46. The van der Waals surface area contributed by atoms with Crippen molar-refractivity contribution in [2.24, 2.45) is 4.99 Å². The van der Waals surface area contributed by atoms with Crippen LogP contribution in [0.1, 0.15) is 12.8 Å². The van der Waals surface area contributed by atoms with Crippen LogP contribution in [-0.2, 0) is 14.6 Å². The Balaban J connectivity index is 1.75. The van der Waals surface area contributed by atoms with Gasteiger partial charge in [-0.2, -0.15) is 0 Å². The molecule has 2 rings (SSSR count). The average molecular weight is 332 g/mol. The zero-order valence-electron chi connectivity index (χ0n) is 13.6. The second-order valence-electron chi connectivity index (χ2n) is 5.99. The third kappa shape index (κ3) is 5.40. The zero-order chi connectivity index (χ0) is 16.0. The highest BCUT2D eigenvalue weighted by Crippen LogP contribution is 2.16. The molecule has 2 heterocycles. The Hall–Kier alpha value is -0.860. The summed E-state index contributed by atoms with van der Waals surface area (Å²) in [6, 6.07) is 0.568. The maximum absolute atomic E-state index is 11.1. The molecule has 0 aliphatic carbocycles. The summed E-state index contributed by atoms with van der Waals surface area (Å²) in [5.41, 5.74) is 0. The van der Waals surface area contributed by atoms with Crippen LogP contribution in [0.3, 0.4) is 0 Å². The molecule has 2 aliphatic heterocycles. The van der Waals surface area contributed by atoms with Crippen molar-refractivity contribution in [2.45, 2.75) is 18.9 Å². The van der Waals surface area contributed by atoms with Gasteiger partial charge in [-0.05, 0) is 12.8 Å². The standard InChI is InChI=1S/C14H28N4O3S/c1-15-14(16-5-3-11-22(2,19)20)18-6-4-13(12-18)17-7-9-21-10-8-17/h13H,3-12H2,1-2H3,(H,15,16). The third-order valence-corrected chi connectivity index (χ3v) is 5.24. The molecule has 0 bridgehead atoms. The number of ether oxygens (including phenoxy) is 1. The van der Waals surface area contributed by atoms with E-state index in [1.807, 2.05) is 0 Å². The number of hydrogen-bond donors (Lipinski definition) is 1. The van der Waals surface area contributed by atoms with Crippen molar-refractivity contribution in [2.75, 3.05) is 65.0 Å². The lowest BCUT2D eigenvalue weighted by atomic mass is 10.2. The van der Waals surface area contributed by atoms with Gasteiger partial charge in [0, 0.05) is 52.1 Å². The zero-order valence-corrected chi connectivity index (χ0v) is 14.4. The smallest absolute Gasteiger partial charge is 0.193 e. The van der Waals surface area contributed by atoms with Crippen molar-refractivity contribution >= 4 is 15.8 Å². The predicted octanol–water partition coefficient (Wildman–Crippen LogP) is -0.597. The molecule has 8 heteroatoms. The van der Waals surface area contributed by atoms with Gasteiger partial charge in [0.1, 0.15) is 9.84 Å². The third-order valence-electron chi connectivity index (χ3n) is 4.21. The van der Waals surface area contributed by atoms with E-state index in [9.17, 15) is 8.42 Å². The Kier molecular flexibility index (Phi) is 6.46. The Bertz CT molecular complexity index is 474. The summed E-state index contributed by atoms with van der Waals surface area (Å²) in [6.07, 6.45) is 3.03. The number of rotatable bonds is 5. The summed E-state index contributed by atoms with van der Waals surface area (Å²) < 4.78 is 27.7. The second kappa shape index (κ2) is 8.12. The Morgan fingerprint density at radius 2 is 2.05 bits per heavy atom. The summed E-state index contributed by atoms with van der Waals surface area (Å²) in [5.74, 6) is 1.09. The minimum atomic E-state index is -2.88. The van der Waals surface area contributed by atoms with E-state index in [4.69, 9.17) is 4.74 Å². The number of guanidine groups is 1. The van der Waals surface area contributed by atoms with Crippen LogP contribution in [-0.4, -0.2) is 95.2 Å². The van der Waals surface area contributed by atoms with Gasteiger partial charge in [-0.3, -0.25) is 9.89 Å². The van der Waals surface area contributed by atoms with E-state index in [-0.39, 0.29) is 5.75 Å². The lowest BCUT2D eigenvalue weighted by Gasteiger charge is -2.32. The molecule has 2 fully saturated rings. The van der Waals surface area contributed by atoms with E-state index in [0.717, 1.165) is 51.8 Å². The average Bonchev–Trinajstić information content (AvgIpc) is 2.97. The van der Waals surface area contributed by atoms with Crippen molar-refractivity contribution < 1.29 is 13.2 Å². The normalized spacial score (nSPS) is 24.7. The molecule has 0 aromatic heterocycles. The van der Waals surface area contributed by atoms with Crippen molar-refractivity contribution in [1.29, 1.82) is 0 Å². The molecule has 128 valence electrons. The second-order valence-corrected chi connectivity index (χ2v) is 8.25. The van der Waals surface area contributed by atoms with Crippen LogP contribution >= 0.6 is 0 Å². The van der Waals surface area contributed by atoms with Crippen molar-refractivity contribution in [3.05, 3.63) is 0 Å². The number of hydrogen-bond acceptors (Lipinski definition) is 5. The molecular formula is C14H28N4O3S. The first-order chi connectivity index (χ1) is 10.5. The van der Waals surface area contributed by atoms with E-state index < -0.39 is 9.84 Å². The maximum Gasteiger partial charge on any atom is 0.193 e. The van der Waals surface area contributed by atoms with Crippen LogP contribution in [0, 0.1) is 0 Å². The van der Waals surface area contributed by atoms with E-state index in [0.29, 0.717) is 19.0 Å². The maximum atomic E-state index is 11.1. The van der Waals surface area contributed by atoms with E-state index in [1.165, 1.54) is 6.26 Å². The first-order valence-corrected chi connectivity index (χ1v) is 10.0. The van der Waals surface area contributed by atoms with Gasteiger partial charge in [0.05, 0.1) is 19.0 Å². The lowest BCUT2D eigenvalue weighted by molar-refractivity contribution is 0.0195. The highest BCUT2D eigenvalue weighted by Gasteiger charge is 2.30. The first-order valence-electron chi connectivity index (χ1n) is 7.95. The molecule has 1 unspecified atom stereocenters. The summed E-state index contributed by atoms with van der Waals surface area (Å²) in [6.45, 7) is 6.29. The molecule has 1 atom stereocenters. The fourth-order valence-electron chi connectivity index (χ4n) is 3.04. The van der Waals surface area contributed by atoms with Gasteiger partial charge in [0.15, 0.2) is 5.96 Å². The SMILES string of the molecule is CN=C(NCCCS(C)(=O)=O)N1CCC(N2CCOCC2)C1. The van der Waals surface area contributed by atoms with Gasteiger partial charge in [-0.1, -0.05) is 0 Å². The summed E-state index contributed by atoms with van der Waals surface area (Å²) in [7, 11) is -1.10. The van der Waals surface area contributed by atoms with Gasteiger partial charge in [-0.15, -0.1) is 0 Å². The molecule has 0 aromatic rings. The monoisotopic (exact) mass is 332 g/mol. The van der Waals surface area contributed by atoms with Gasteiger partial charge in [0.2, 0.25) is 0 Å². The van der Waals surface area contributed by atoms with Crippen LogP contribution in [0.4, 0.5) is 0 Å². The van der Waals surface area contributed by atoms with Gasteiger partial charge < -0.3 is 15.0 Å². The summed E-state index contributed by atoms with van der Waals surface area (Å²) in [4.78, 5) is 9.09. The molecule has 0 radical (unpaired) electrons. The Labute approximate surface area is 133 Å². The number of nitrogens with zero attached hydrogens (tertiary/aromatic N) is 3. The molecule has 0 saturated carbocycles. The number of sulfone groups is 1. The molecule has 0 spiro atoms. The van der Waals surface area contributed by atoms with Gasteiger partial charge >= 0.3 is 0 Å². The van der Waals surface area contributed by atoms with Crippen molar-refractivity contribution in [1.82, 2.24) is 15.1 Å². The first kappa shape index (κ1) is 17.5.